The van der Waals surface area contributed by atoms with E-state index in [1.807, 2.05) is 29.1 Å². The van der Waals surface area contributed by atoms with Crippen LogP contribution in [-0.4, -0.2) is 15.7 Å². The maximum Gasteiger partial charge on any atom is 0.287 e. The van der Waals surface area contributed by atoms with Crippen LogP contribution >= 0.6 is 0 Å². The Bertz CT molecular complexity index is 1350. The second kappa shape index (κ2) is 7.79. The maximum atomic E-state index is 13.1. The lowest BCUT2D eigenvalue weighted by atomic mass is 9.74. The first kappa shape index (κ1) is 20.2. The van der Waals surface area contributed by atoms with Crippen LogP contribution in [0.25, 0.3) is 11.0 Å². The molecular formula is C26H25N3O3. The molecule has 1 aliphatic rings. The van der Waals surface area contributed by atoms with Gasteiger partial charge in [-0.1, -0.05) is 56.3 Å². The molecule has 162 valence electrons. The molecule has 1 amide bonds. The number of carbonyl (C=O) groups is 1. The van der Waals surface area contributed by atoms with Crippen LogP contribution in [0.5, 0.6) is 0 Å². The number of benzene rings is 2. The van der Waals surface area contributed by atoms with E-state index in [2.05, 4.69) is 36.4 Å². The Hall–Kier alpha value is -3.67. The summed E-state index contributed by atoms with van der Waals surface area (Å²) < 4.78 is 7.77. The Morgan fingerprint density at radius 3 is 2.72 bits per heavy atom. The lowest BCUT2D eigenvalue weighted by molar-refractivity contribution is 0.0891. The van der Waals surface area contributed by atoms with Gasteiger partial charge in [0.15, 0.2) is 11.2 Å². The van der Waals surface area contributed by atoms with Crippen LogP contribution < -0.4 is 10.7 Å². The van der Waals surface area contributed by atoms with Crippen LogP contribution in [0.1, 0.15) is 53.7 Å². The van der Waals surface area contributed by atoms with Gasteiger partial charge in [0.2, 0.25) is 0 Å². The molecule has 2 aromatic carbocycles. The van der Waals surface area contributed by atoms with E-state index in [0.29, 0.717) is 17.5 Å². The molecule has 5 rings (SSSR count). The number of amides is 1. The number of hydrogen-bond donors (Lipinski definition) is 1. The smallest absolute Gasteiger partial charge is 0.287 e. The predicted octanol–water partition coefficient (Wildman–Crippen LogP) is 4.48. The zero-order valence-corrected chi connectivity index (χ0v) is 18.2. The monoisotopic (exact) mass is 427 g/mol. The molecule has 0 fully saturated rings. The van der Waals surface area contributed by atoms with Crippen molar-refractivity contribution in [1.29, 1.82) is 0 Å². The summed E-state index contributed by atoms with van der Waals surface area (Å²) in [7, 11) is 0. The number of carbonyl (C=O) groups excluding carboxylic acids is 1. The van der Waals surface area contributed by atoms with Gasteiger partial charge < -0.3 is 9.73 Å². The van der Waals surface area contributed by atoms with Crippen molar-refractivity contribution >= 4 is 16.9 Å². The van der Waals surface area contributed by atoms with Crippen molar-refractivity contribution in [3.8, 4) is 0 Å². The topological polar surface area (TPSA) is 77.1 Å². The van der Waals surface area contributed by atoms with Crippen molar-refractivity contribution in [2.45, 2.75) is 39.3 Å². The highest BCUT2D eigenvalue weighted by molar-refractivity contribution is 5.93. The third kappa shape index (κ3) is 3.84. The average Bonchev–Trinajstić information content (AvgIpc) is 3.16. The number of rotatable bonds is 4. The van der Waals surface area contributed by atoms with Gasteiger partial charge in [-0.25, -0.2) is 0 Å². The van der Waals surface area contributed by atoms with E-state index in [-0.39, 0.29) is 22.6 Å². The van der Waals surface area contributed by atoms with E-state index in [1.165, 1.54) is 11.6 Å². The zero-order chi connectivity index (χ0) is 22.3. The van der Waals surface area contributed by atoms with Gasteiger partial charge in [-0.05, 0) is 36.0 Å². The van der Waals surface area contributed by atoms with Crippen molar-refractivity contribution in [2.24, 2.45) is 5.41 Å². The lowest BCUT2D eigenvalue weighted by Gasteiger charge is -2.36. The van der Waals surface area contributed by atoms with Gasteiger partial charge in [0.1, 0.15) is 5.58 Å². The quantitative estimate of drug-likeness (QED) is 0.521. The summed E-state index contributed by atoms with van der Waals surface area (Å²) >= 11 is 0. The summed E-state index contributed by atoms with van der Waals surface area (Å²) in [6.45, 7) is 5.09. The minimum absolute atomic E-state index is 0.0103. The van der Waals surface area contributed by atoms with E-state index in [4.69, 9.17) is 4.42 Å². The highest BCUT2D eigenvalue weighted by Gasteiger charge is 2.36. The molecule has 0 radical (unpaired) electrons. The molecule has 1 N–H and O–H groups in total. The lowest BCUT2D eigenvalue weighted by Crippen LogP contribution is -2.37. The highest BCUT2D eigenvalue weighted by atomic mass is 16.3. The van der Waals surface area contributed by atoms with Gasteiger partial charge >= 0.3 is 0 Å². The molecule has 0 saturated heterocycles. The summed E-state index contributed by atoms with van der Waals surface area (Å²) in [6.07, 6.45) is 3.52. The van der Waals surface area contributed by atoms with E-state index < -0.39 is 5.91 Å². The SMILES string of the molecule is CC1(C)Cc2c(cnn2Cc2ccccc2)[C@H](NC(=O)c2cc(=O)c3ccccc3o2)C1. The largest absolute Gasteiger partial charge is 0.451 e. The number of para-hydroxylation sites is 1. The normalized spacial score (nSPS) is 17.1. The summed E-state index contributed by atoms with van der Waals surface area (Å²) in [5, 5.41) is 8.19. The van der Waals surface area contributed by atoms with Gasteiger partial charge in [-0.15, -0.1) is 0 Å². The molecule has 1 atom stereocenters. The number of nitrogens with zero attached hydrogens (tertiary/aromatic N) is 2. The Kier molecular flexibility index (Phi) is 4.93. The van der Waals surface area contributed by atoms with Crippen LogP contribution in [0.3, 0.4) is 0 Å². The fourth-order valence-electron chi connectivity index (χ4n) is 4.56. The number of hydrogen-bond acceptors (Lipinski definition) is 4. The number of nitrogens with one attached hydrogen (secondary N) is 1. The molecule has 6 heteroatoms. The Labute approximate surface area is 185 Å². The first-order chi connectivity index (χ1) is 15.4. The summed E-state index contributed by atoms with van der Waals surface area (Å²) in [4.78, 5) is 25.5. The van der Waals surface area contributed by atoms with Crippen LogP contribution in [0, 0.1) is 5.41 Å². The van der Waals surface area contributed by atoms with Crippen LogP contribution in [-0.2, 0) is 13.0 Å². The second-order valence-corrected chi connectivity index (χ2v) is 9.23. The Balaban J connectivity index is 1.45. The summed E-state index contributed by atoms with van der Waals surface area (Å²) in [6, 6.07) is 18.2. The van der Waals surface area contributed by atoms with Gasteiger partial charge in [-0.2, -0.15) is 5.10 Å². The van der Waals surface area contributed by atoms with E-state index in [1.54, 1.807) is 24.3 Å². The molecule has 2 aromatic heterocycles. The van der Waals surface area contributed by atoms with Crippen LogP contribution in [0.4, 0.5) is 0 Å². The minimum Gasteiger partial charge on any atom is -0.451 e. The van der Waals surface area contributed by atoms with Gasteiger partial charge in [0, 0.05) is 17.3 Å². The molecule has 4 aromatic rings. The Morgan fingerprint density at radius 1 is 1.16 bits per heavy atom. The number of fused-ring (bicyclic) bond motifs is 2. The van der Waals surface area contributed by atoms with Crippen molar-refractivity contribution in [3.05, 3.63) is 99.7 Å². The van der Waals surface area contributed by atoms with Crippen LogP contribution in [0.2, 0.25) is 0 Å². The average molecular weight is 428 g/mol. The van der Waals surface area contributed by atoms with Gasteiger partial charge in [-0.3, -0.25) is 14.3 Å². The molecule has 6 nitrogen and oxygen atoms in total. The van der Waals surface area contributed by atoms with Crippen molar-refractivity contribution in [1.82, 2.24) is 15.1 Å². The van der Waals surface area contributed by atoms with Crippen molar-refractivity contribution in [3.63, 3.8) is 0 Å². The molecule has 0 saturated carbocycles. The standard InChI is InChI=1S/C26H25N3O3/c1-26(2)13-20(19-15-27-29(21(19)14-26)16-17-8-4-3-5-9-17)28-25(31)24-12-22(30)18-10-6-7-11-23(18)32-24/h3-12,15,20H,13-14,16H2,1-2H3,(H,28,31)/t20-/m1/s1. The zero-order valence-electron chi connectivity index (χ0n) is 18.2. The van der Waals surface area contributed by atoms with E-state index >= 15 is 0 Å². The second-order valence-electron chi connectivity index (χ2n) is 9.23. The minimum atomic E-state index is -0.391. The van der Waals surface area contributed by atoms with Crippen molar-refractivity contribution < 1.29 is 9.21 Å². The van der Waals surface area contributed by atoms with Crippen molar-refractivity contribution in [2.75, 3.05) is 0 Å². The number of aromatic nitrogens is 2. The van der Waals surface area contributed by atoms with E-state index in [9.17, 15) is 9.59 Å². The maximum absolute atomic E-state index is 13.1. The fourth-order valence-corrected chi connectivity index (χ4v) is 4.56. The molecule has 0 spiro atoms. The molecule has 1 aliphatic carbocycles. The van der Waals surface area contributed by atoms with Gasteiger partial charge in [0.25, 0.3) is 5.91 Å². The third-order valence-corrected chi connectivity index (χ3v) is 6.10. The highest BCUT2D eigenvalue weighted by Crippen LogP contribution is 2.41. The predicted molar refractivity (Wildman–Crippen MR) is 123 cm³/mol. The summed E-state index contributed by atoms with van der Waals surface area (Å²) in [5.41, 5.74) is 3.51. The Morgan fingerprint density at radius 2 is 1.91 bits per heavy atom. The molecule has 0 bridgehead atoms. The summed E-state index contributed by atoms with van der Waals surface area (Å²) in [5.74, 6) is -0.368. The third-order valence-electron chi connectivity index (χ3n) is 6.10. The molecule has 32 heavy (non-hydrogen) atoms. The fraction of sp³-hybridized carbons (Fsp3) is 0.269. The van der Waals surface area contributed by atoms with Crippen LogP contribution in [0.15, 0.2) is 76.1 Å². The first-order valence-corrected chi connectivity index (χ1v) is 10.8. The van der Waals surface area contributed by atoms with E-state index in [0.717, 1.165) is 24.1 Å². The first-order valence-electron chi connectivity index (χ1n) is 10.8. The molecule has 0 unspecified atom stereocenters. The van der Waals surface area contributed by atoms with Gasteiger partial charge in [0.05, 0.1) is 24.2 Å². The molecule has 0 aliphatic heterocycles. The molecular weight excluding hydrogens is 402 g/mol. The molecule has 2 heterocycles.